The Bertz CT molecular complexity index is 377. The Morgan fingerprint density at radius 2 is 1.38 bits per heavy atom. The highest BCUT2D eigenvalue weighted by atomic mass is 79.9. The maximum Gasteiger partial charge on any atom is 0.407 e. The average molecular weight is 363 g/mol. The number of carbonyl (C=O) groups excluding carboxylic acids is 2. The second-order valence-corrected chi connectivity index (χ2v) is 9.12. The topological polar surface area (TPSA) is 67.4 Å². The second-order valence-electron chi connectivity index (χ2n) is 7.14. The SMILES string of the molecule is CC(C)(C)OC(=O)NC1CCC(NC(=O)C(C)(C)Br)CC1. The van der Waals surface area contributed by atoms with E-state index in [0.29, 0.717) is 0 Å². The van der Waals surface area contributed by atoms with Gasteiger partial charge in [-0.15, -0.1) is 0 Å². The molecule has 1 fully saturated rings. The number of halogens is 1. The van der Waals surface area contributed by atoms with Crippen LogP contribution < -0.4 is 10.6 Å². The quantitative estimate of drug-likeness (QED) is 0.757. The Morgan fingerprint density at radius 3 is 1.76 bits per heavy atom. The zero-order valence-corrected chi connectivity index (χ0v) is 15.2. The smallest absolute Gasteiger partial charge is 0.407 e. The maximum absolute atomic E-state index is 11.9. The highest BCUT2D eigenvalue weighted by Crippen LogP contribution is 2.22. The molecule has 0 heterocycles. The molecule has 21 heavy (non-hydrogen) atoms. The molecule has 0 spiro atoms. The molecular weight excluding hydrogens is 336 g/mol. The van der Waals surface area contributed by atoms with Gasteiger partial charge in [0.2, 0.25) is 5.91 Å². The highest BCUT2D eigenvalue weighted by molar-refractivity contribution is 9.10. The first-order valence-corrected chi connectivity index (χ1v) is 8.26. The molecule has 0 radical (unpaired) electrons. The number of ether oxygens (including phenoxy) is 1. The molecule has 5 nitrogen and oxygen atoms in total. The van der Waals surface area contributed by atoms with Gasteiger partial charge in [-0.2, -0.15) is 0 Å². The first-order valence-electron chi connectivity index (χ1n) is 7.47. The van der Waals surface area contributed by atoms with Gasteiger partial charge in [-0.05, 0) is 60.3 Å². The molecule has 0 aromatic rings. The predicted molar refractivity (Wildman–Crippen MR) is 86.6 cm³/mol. The standard InChI is InChI=1S/C15H27BrN2O3/c1-14(2,3)21-13(20)18-11-8-6-10(7-9-11)17-12(19)15(4,5)16/h10-11H,6-9H2,1-5H3,(H,17,19)(H,18,20). The van der Waals surface area contributed by atoms with Gasteiger partial charge in [-0.1, -0.05) is 15.9 Å². The summed E-state index contributed by atoms with van der Waals surface area (Å²) in [4.78, 5) is 23.6. The van der Waals surface area contributed by atoms with Crippen molar-refractivity contribution in [3.05, 3.63) is 0 Å². The van der Waals surface area contributed by atoms with Crippen LogP contribution in [0.2, 0.25) is 0 Å². The minimum absolute atomic E-state index is 0.00560. The highest BCUT2D eigenvalue weighted by Gasteiger charge is 2.29. The molecule has 0 atom stereocenters. The van der Waals surface area contributed by atoms with E-state index in [2.05, 4.69) is 26.6 Å². The fourth-order valence-corrected chi connectivity index (χ4v) is 2.33. The molecule has 0 aromatic heterocycles. The van der Waals surface area contributed by atoms with E-state index in [0.717, 1.165) is 25.7 Å². The van der Waals surface area contributed by atoms with Crippen LogP contribution in [0.25, 0.3) is 0 Å². The minimum Gasteiger partial charge on any atom is -0.444 e. The number of carbonyl (C=O) groups is 2. The first-order chi connectivity index (χ1) is 9.47. The van der Waals surface area contributed by atoms with Crippen LogP contribution in [0.3, 0.4) is 0 Å². The Kier molecular flexibility index (Phi) is 6.08. The van der Waals surface area contributed by atoms with Crippen LogP contribution in [0.5, 0.6) is 0 Å². The lowest BCUT2D eigenvalue weighted by atomic mass is 9.91. The molecule has 6 heteroatoms. The first kappa shape index (κ1) is 18.3. The van der Waals surface area contributed by atoms with E-state index in [1.165, 1.54) is 0 Å². The van der Waals surface area contributed by atoms with Crippen molar-refractivity contribution in [2.45, 2.75) is 82.3 Å². The summed E-state index contributed by atoms with van der Waals surface area (Å²) in [6.45, 7) is 9.21. The van der Waals surface area contributed by atoms with Gasteiger partial charge in [0, 0.05) is 12.1 Å². The fourth-order valence-electron chi connectivity index (χ4n) is 2.21. The molecule has 0 saturated heterocycles. The van der Waals surface area contributed by atoms with E-state index in [9.17, 15) is 9.59 Å². The molecule has 1 aliphatic rings. The lowest BCUT2D eigenvalue weighted by molar-refractivity contribution is -0.123. The number of alkyl carbamates (subject to hydrolysis) is 1. The van der Waals surface area contributed by atoms with E-state index in [-0.39, 0.29) is 24.1 Å². The van der Waals surface area contributed by atoms with Crippen LogP contribution in [-0.4, -0.2) is 34.0 Å². The van der Waals surface area contributed by atoms with Crippen molar-refractivity contribution in [2.75, 3.05) is 0 Å². The maximum atomic E-state index is 11.9. The molecule has 2 amide bonds. The van der Waals surface area contributed by atoms with Crippen molar-refractivity contribution in [1.82, 2.24) is 10.6 Å². The Morgan fingerprint density at radius 1 is 0.952 bits per heavy atom. The van der Waals surface area contributed by atoms with Gasteiger partial charge in [-0.25, -0.2) is 4.79 Å². The summed E-state index contributed by atoms with van der Waals surface area (Å²) in [7, 11) is 0. The van der Waals surface area contributed by atoms with Crippen molar-refractivity contribution in [2.24, 2.45) is 0 Å². The van der Waals surface area contributed by atoms with Crippen LogP contribution in [0.4, 0.5) is 4.79 Å². The Balaban J connectivity index is 2.33. The molecule has 1 aliphatic carbocycles. The summed E-state index contributed by atoms with van der Waals surface area (Å²) < 4.78 is 4.71. The van der Waals surface area contributed by atoms with E-state index in [1.54, 1.807) is 0 Å². The van der Waals surface area contributed by atoms with Crippen molar-refractivity contribution in [3.63, 3.8) is 0 Å². The third kappa shape index (κ3) is 7.16. The van der Waals surface area contributed by atoms with Gasteiger partial charge >= 0.3 is 6.09 Å². The molecule has 0 aliphatic heterocycles. The zero-order valence-electron chi connectivity index (χ0n) is 13.6. The van der Waals surface area contributed by atoms with Gasteiger partial charge in [0.15, 0.2) is 0 Å². The Hall–Kier alpha value is -0.780. The van der Waals surface area contributed by atoms with Crippen molar-refractivity contribution in [1.29, 1.82) is 0 Å². The summed E-state index contributed by atoms with van der Waals surface area (Å²) in [5.41, 5.74) is -0.475. The second kappa shape index (κ2) is 6.99. The summed E-state index contributed by atoms with van der Waals surface area (Å²) in [6.07, 6.45) is 3.08. The number of hydrogen-bond donors (Lipinski definition) is 2. The molecule has 2 N–H and O–H groups in total. The van der Waals surface area contributed by atoms with Gasteiger partial charge < -0.3 is 15.4 Å². The lowest BCUT2D eigenvalue weighted by Crippen LogP contribution is -2.48. The summed E-state index contributed by atoms with van der Waals surface area (Å²) in [5.74, 6) is 0.00560. The normalized spacial score (nSPS) is 23.3. The third-order valence-electron chi connectivity index (χ3n) is 3.32. The van der Waals surface area contributed by atoms with Crippen LogP contribution in [0.1, 0.15) is 60.3 Å². The molecule has 0 unspecified atom stereocenters. The summed E-state index contributed by atoms with van der Waals surface area (Å²) in [6, 6.07) is 0.316. The van der Waals surface area contributed by atoms with E-state index >= 15 is 0 Å². The molecule has 1 rings (SSSR count). The van der Waals surface area contributed by atoms with Crippen LogP contribution >= 0.6 is 15.9 Å². The largest absolute Gasteiger partial charge is 0.444 e. The van der Waals surface area contributed by atoms with E-state index < -0.39 is 9.93 Å². The zero-order chi connectivity index (χ0) is 16.3. The van der Waals surface area contributed by atoms with E-state index in [1.807, 2.05) is 34.6 Å². The molecule has 1 saturated carbocycles. The van der Waals surface area contributed by atoms with Gasteiger partial charge in [0.25, 0.3) is 0 Å². The van der Waals surface area contributed by atoms with Crippen LogP contribution in [0.15, 0.2) is 0 Å². The number of rotatable bonds is 3. The Labute approximate surface area is 135 Å². The molecule has 122 valence electrons. The molecule has 0 bridgehead atoms. The number of amides is 2. The minimum atomic E-state index is -0.543. The van der Waals surface area contributed by atoms with Crippen molar-refractivity contribution >= 4 is 27.9 Å². The van der Waals surface area contributed by atoms with Crippen LogP contribution in [0, 0.1) is 0 Å². The lowest BCUT2D eigenvalue weighted by Gasteiger charge is -2.31. The van der Waals surface area contributed by atoms with Gasteiger partial charge in [-0.3, -0.25) is 4.79 Å². The number of alkyl halides is 1. The average Bonchev–Trinajstić information content (AvgIpc) is 2.27. The summed E-state index contributed by atoms with van der Waals surface area (Å²) >= 11 is 3.36. The molecule has 0 aromatic carbocycles. The predicted octanol–water partition coefficient (Wildman–Crippen LogP) is 3.11. The third-order valence-corrected chi connectivity index (χ3v) is 3.68. The molecular formula is C15H27BrN2O3. The van der Waals surface area contributed by atoms with Gasteiger partial charge in [0.05, 0.1) is 4.32 Å². The summed E-state index contributed by atoms with van der Waals surface area (Å²) in [5, 5.41) is 5.94. The fraction of sp³-hybridized carbons (Fsp3) is 0.867. The number of nitrogens with one attached hydrogen (secondary N) is 2. The monoisotopic (exact) mass is 362 g/mol. The number of hydrogen-bond acceptors (Lipinski definition) is 3. The van der Waals surface area contributed by atoms with E-state index in [4.69, 9.17) is 4.74 Å². The van der Waals surface area contributed by atoms with Crippen molar-refractivity contribution in [3.8, 4) is 0 Å². The van der Waals surface area contributed by atoms with Crippen LogP contribution in [-0.2, 0) is 9.53 Å². The van der Waals surface area contributed by atoms with Crippen molar-refractivity contribution < 1.29 is 14.3 Å². The van der Waals surface area contributed by atoms with Gasteiger partial charge in [0.1, 0.15) is 5.60 Å².